The highest BCUT2D eigenvalue weighted by Gasteiger charge is 2.12. The standard InChI is InChI=1S/C13H30N2O3/c1-10(2)5-18-13(8-16-6-11(3)14)9-17-7-12(4)15/h10-13H,5-9,14-15H2,1-4H3. The summed E-state index contributed by atoms with van der Waals surface area (Å²) < 4.78 is 16.7. The summed E-state index contributed by atoms with van der Waals surface area (Å²) in [5.74, 6) is 0.495. The van der Waals surface area contributed by atoms with Gasteiger partial charge in [0.05, 0.1) is 26.4 Å². The minimum absolute atomic E-state index is 0.0423. The molecule has 2 atom stereocenters. The van der Waals surface area contributed by atoms with Crippen molar-refractivity contribution < 1.29 is 14.2 Å². The predicted octanol–water partition coefficient (Wildman–Crippen LogP) is 0.755. The van der Waals surface area contributed by atoms with Crippen molar-refractivity contribution in [1.82, 2.24) is 0 Å². The van der Waals surface area contributed by atoms with Crippen molar-refractivity contribution in [2.45, 2.75) is 45.9 Å². The minimum Gasteiger partial charge on any atom is -0.377 e. The van der Waals surface area contributed by atoms with Crippen molar-refractivity contribution in [3.63, 3.8) is 0 Å². The van der Waals surface area contributed by atoms with E-state index in [4.69, 9.17) is 25.7 Å². The van der Waals surface area contributed by atoms with E-state index < -0.39 is 0 Å². The average Bonchev–Trinajstić information content (AvgIpc) is 2.24. The lowest BCUT2D eigenvalue weighted by atomic mass is 10.2. The van der Waals surface area contributed by atoms with Crippen LogP contribution in [0, 0.1) is 5.92 Å². The Hall–Kier alpha value is -0.200. The summed E-state index contributed by atoms with van der Waals surface area (Å²) in [6.45, 7) is 10.8. The van der Waals surface area contributed by atoms with E-state index in [1.54, 1.807) is 0 Å². The molecule has 0 amide bonds. The molecular weight excluding hydrogens is 232 g/mol. The minimum atomic E-state index is -0.0510. The third-order valence-corrected chi connectivity index (χ3v) is 2.03. The molecule has 0 aliphatic rings. The van der Waals surface area contributed by atoms with E-state index in [-0.39, 0.29) is 18.2 Å². The normalized spacial score (nSPS) is 16.8. The third kappa shape index (κ3) is 12.3. The molecule has 110 valence electrons. The second kappa shape index (κ2) is 10.7. The average molecular weight is 262 g/mol. The molecule has 0 rings (SSSR count). The number of ether oxygens (including phenoxy) is 3. The van der Waals surface area contributed by atoms with Gasteiger partial charge in [-0.25, -0.2) is 0 Å². The van der Waals surface area contributed by atoms with Crippen molar-refractivity contribution in [2.24, 2.45) is 17.4 Å². The van der Waals surface area contributed by atoms with E-state index in [9.17, 15) is 0 Å². The van der Waals surface area contributed by atoms with Crippen molar-refractivity contribution in [2.75, 3.05) is 33.0 Å². The highest BCUT2D eigenvalue weighted by molar-refractivity contribution is 4.60. The second-order valence-electron chi connectivity index (χ2n) is 5.38. The molecule has 5 nitrogen and oxygen atoms in total. The molecule has 4 N–H and O–H groups in total. The lowest BCUT2D eigenvalue weighted by Gasteiger charge is -2.20. The van der Waals surface area contributed by atoms with Crippen LogP contribution in [0.4, 0.5) is 0 Å². The number of hydrogen-bond acceptors (Lipinski definition) is 5. The Morgan fingerprint density at radius 3 is 1.50 bits per heavy atom. The topological polar surface area (TPSA) is 79.7 Å². The molecular formula is C13H30N2O3. The predicted molar refractivity (Wildman–Crippen MR) is 73.5 cm³/mol. The quantitative estimate of drug-likeness (QED) is 0.574. The molecule has 0 aromatic carbocycles. The van der Waals surface area contributed by atoms with Crippen molar-refractivity contribution in [1.29, 1.82) is 0 Å². The first-order valence-electron chi connectivity index (χ1n) is 6.70. The molecule has 5 heteroatoms. The van der Waals surface area contributed by atoms with Crippen molar-refractivity contribution in [3.05, 3.63) is 0 Å². The SMILES string of the molecule is CC(C)COC(COCC(C)N)COCC(C)N. The highest BCUT2D eigenvalue weighted by atomic mass is 16.6. The summed E-state index contributed by atoms with van der Waals surface area (Å²) in [4.78, 5) is 0. The van der Waals surface area contributed by atoms with Crippen LogP contribution in [-0.2, 0) is 14.2 Å². The molecule has 2 unspecified atom stereocenters. The fourth-order valence-electron chi connectivity index (χ4n) is 1.24. The molecule has 0 fully saturated rings. The van der Waals surface area contributed by atoms with E-state index >= 15 is 0 Å². The van der Waals surface area contributed by atoms with Gasteiger partial charge in [-0.1, -0.05) is 13.8 Å². The molecule has 0 saturated carbocycles. The van der Waals surface area contributed by atoms with Gasteiger partial charge in [-0.3, -0.25) is 0 Å². The Kier molecular flexibility index (Phi) is 10.6. The van der Waals surface area contributed by atoms with Crippen LogP contribution in [0.3, 0.4) is 0 Å². The lowest BCUT2D eigenvalue weighted by molar-refractivity contribution is -0.0686. The smallest absolute Gasteiger partial charge is 0.104 e. The lowest BCUT2D eigenvalue weighted by Crippen LogP contribution is -2.32. The van der Waals surface area contributed by atoms with Gasteiger partial charge in [-0.15, -0.1) is 0 Å². The summed E-state index contributed by atoms with van der Waals surface area (Å²) in [7, 11) is 0. The van der Waals surface area contributed by atoms with Crippen molar-refractivity contribution >= 4 is 0 Å². The largest absolute Gasteiger partial charge is 0.377 e. The number of nitrogens with two attached hydrogens (primary N) is 2. The number of rotatable bonds is 11. The van der Waals surface area contributed by atoms with Crippen LogP contribution < -0.4 is 11.5 Å². The molecule has 0 aliphatic carbocycles. The molecule has 0 aliphatic heterocycles. The Morgan fingerprint density at radius 1 is 0.722 bits per heavy atom. The Balaban J connectivity index is 3.84. The summed E-state index contributed by atoms with van der Waals surface area (Å²) in [6, 6.07) is 0.0847. The van der Waals surface area contributed by atoms with Crippen LogP contribution in [0.15, 0.2) is 0 Å². The van der Waals surface area contributed by atoms with Gasteiger partial charge < -0.3 is 25.7 Å². The molecule has 0 aromatic heterocycles. The van der Waals surface area contributed by atoms with Crippen LogP contribution in [0.5, 0.6) is 0 Å². The van der Waals surface area contributed by atoms with E-state index in [1.807, 2.05) is 13.8 Å². The third-order valence-electron chi connectivity index (χ3n) is 2.03. The van der Waals surface area contributed by atoms with Crippen LogP contribution in [0.2, 0.25) is 0 Å². The van der Waals surface area contributed by atoms with E-state index in [0.29, 0.717) is 39.0 Å². The molecule has 0 bridgehead atoms. The Labute approximate surface area is 111 Å². The Bertz CT molecular complexity index is 173. The monoisotopic (exact) mass is 262 g/mol. The summed E-state index contributed by atoms with van der Waals surface area (Å²) in [5, 5.41) is 0. The zero-order valence-electron chi connectivity index (χ0n) is 12.2. The van der Waals surface area contributed by atoms with Gasteiger partial charge in [-0.05, 0) is 19.8 Å². The van der Waals surface area contributed by atoms with Crippen LogP contribution >= 0.6 is 0 Å². The molecule has 0 saturated heterocycles. The number of hydrogen-bond donors (Lipinski definition) is 2. The maximum absolute atomic E-state index is 5.74. The zero-order valence-corrected chi connectivity index (χ0v) is 12.2. The first-order valence-corrected chi connectivity index (χ1v) is 6.70. The maximum atomic E-state index is 5.74. The van der Waals surface area contributed by atoms with Gasteiger partial charge in [0.25, 0.3) is 0 Å². The van der Waals surface area contributed by atoms with Gasteiger partial charge in [0.15, 0.2) is 0 Å². The molecule has 0 aromatic rings. The van der Waals surface area contributed by atoms with Gasteiger partial charge >= 0.3 is 0 Å². The molecule has 0 heterocycles. The summed E-state index contributed by atoms with van der Waals surface area (Å²) in [5.41, 5.74) is 11.3. The summed E-state index contributed by atoms with van der Waals surface area (Å²) in [6.07, 6.45) is -0.0510. The fraction of sp³-hybridized carbons (Fsp3) is 1.00. The van der Waals surface area contributed by atoms with Gasteiger partial charge in [-0.2, -0.15) is 0 Å². The second-order valence-corrected chi connectivity index (χ2v) is 5.38. The van der Waals surface area contributed by atoms with Gasteiger partial charge in [0.1, 0.15) is 6.10 Å². The Morgan fingerprint density at radius 2 is 1.17 bits per heavy atom. The zero-order chi connectivity index (χ0) is 14.0. The van der Waals surface area contributed by atoms with Crippen LogP contribution in [-0.4, -0.2) is 51.2 Å². The van der Waals surface area contributed by atoms with Gasteiger partial charge in [0, 0.05) is 18.7 Å². The molecule has 0 radical (unpaired) electrons. The summed E-state index contributed by atoms with van der Waals surface area (Å²) >= 11 is 0. The van der Waals surface area contributed by atoms with E-state index in [2.05, 4.69) is 13.8 Å². The first kappa shape index (κ1) is 17.8. The van der Waals surface area contributed by atoms with Crippen LogP contribution in [0.1, 0.15) is 27.7 Å². The van der Waals surface area contributed by atoms with E-state index in [1.165, 1.54) is 0 Å². The van der Waals surface area contributed by atoms with Gasteiger partial charge in [0.2, 0.25) is 0 Å². The van der Waals surface area contributed by atoms with Crippen LogP contribution in [0.25, 0.3) is 0 Å². The first-order chi connectivity index (χ1) is 8.41. The molecule has 18 heavy (non-hydrogen) atoms. The van der Waals surface area contributed by atoms with Crippen molar-refractivity contribution in [3.8, 4) is 0 Å². The molecule has 0 spiro atoms. The fourth-order valence-corrected chi connectivity index (χ4v) is 1.24. The maximum Gasteiger partial charge on any atom is 0.104 e. The highest BCUT2D eigenvalue weighted by Crippen LogP contribution is 2.01. The van der Waals surface area contributed by atoms with E-state index in [0.717, 1.165) is 0 Å².